The van der Waals surface area contributed by atoms with Crippen LogP contribution in [0.4, 0.5) is 0 Å². The molecule has 0 spiro atoms. The van der Waals surface area contributed by atoms with Gasteiger partial charge in [0.05, 0.1) is 19.3 Å². The quantitative estimate of drug-likeness (QED) is 0.850. The van der Waals surface area contributed by atoms with Crippen LogP contribution < -0.4 is 5.32 Å². The summed E-state index contributed by atoms with van der Waals surface area (Å²) in [6, 6.07) is 0.456. The van der Waals surface area contributed by atoms with Crippen molar-refractivity contribution in [1.29, 1.82) is 0 Å². The van der Waals surface area contributed by atoms with Crippen LogP contribution in [0.2, 0.25) is 0 Å². The fourth-order valence-electron chi connectivity index (χ4n) is 2.95. The summed E-state index contributed by atoms with van der Waals surface area (Å²) < 4.78 is 5.29. The van der Waals surface area contributed by atoms with Gasteiger partial charge in [0.1, 0.15) is 0 Å². The summed E-state index contributed by atoms with van der Waals surface area (Å²) in [5.41, 5.74) is 0. The van der Waals surface area contributed by atoms with Crippen LogP contribution in [-0.4, -0.2) is 60.7 Å². The molecular weight excluding hydrogens is 260 g/mol. The first kappa shape index (κ1) is 15.1. The number of hydrogen-bond acceptors (Lipinski definition) is 4. The number of carbonyl (C=O) groups excluding carboxylic acids is 1. The SMILES string of the molecule is CSC1CCC(NC(C)C(=O)N2CCOCC2)CC1. The van der Waals surface area contributed by atoms with E-state index in [1.54, 1.807) is 0 Å². The highest BCUT2D eigenvalue weighted by Crippen LogP contribution is 2.27. The number of ether oxygens (including phenoxy) is 1. The Labute approximate surface area is 120 Å². The molecule has 19 heavy (non-hydrogen) atoms. The average molecular weight is 286 g/mol. The molecule has 2 aliphatic rings. The van der Waals surface area contributed by atoms with Gasteiger partial charge >= 0.3 is 0 Å². The largest absolute Gasteiger partial charge is 0.378 e. The lowest BCUT2D eigenvalue weighted by Gasteiger charge is -2.33. The van der Waals surface area contributed by atoms with E-state index in [9.17, 15) is 4.79 Å². The molecule has 5 heteroatoms. The van der Waals surface area contributed by atoms with Crippen LogP contribution in [-0.2, 0) is 9.53 Å². The number of rotatable bonds is 4. The maximum absolute atomic E-state index is 12.3. The predicted octanol–water partition coefficient (Wildman–Crippen LogP) is 1.50. The second-order valence-electron chi connectivity index (χ2n) is 5.54. The van der Waals surface area contributed by atoms with E-state index < -0.39 is 0 Å². The average Bonchev–Trinajstić information content (AvgIpc) is 2.48. The van der Waals surface area contributed by atoms with Crippen LogP contribution in [0.5, 0.6) is 0 Å². The lowest BCUT2D eigenvalue weighted by atomic mass is 9.94. The molecule has 1 atom stereocenters. The number of nitrogens with zero attached hydrogens (tertiary/aromatic N) is 1. The van der Waals surface area contributed by atoms with Gasteiger partial charge in [-0.3, -0.25) is 4.79 Å². The Balaban J connectivity index is 1.74. The Kier molecular flexibility index (Phi) is 5.98. The lowest BCUT2D eigenvalue weighted by Crippen LogP contribution is -2.52. The zero-order chi connectivity index (χ0) is 13.7. The number of carbonyl (C=O) groups is 1. The first-order valence-electron chi connectivity index (χ1n) is 7.36. The molecule has 0 aromatic heterocycles. The van der Waals surface area contributed by atoms with Gasteiger partial charge in [-0.25, -0.2) is 0 Å². The Morgan fingerprint density at radius 1 is 1.26 bits per heavy atom. The summed E-state index contributed by atoms with van der Waals surface area (Å²) in [5.74, 6) is 0.232. The first-order chi connectivity index (χ1) is 9.20. The van der Waals surface area contributed by atoms with Gasteiger partial charge in [-0.05, 0) is 38.9 Å². The molecule has 110 valence electrons. The molecule has 1 aliphatic carbocycles. The monoisotopic (exact) mass is 286 g/mol. The minimum atomic E-state index is -0.0612. The van der Waals surface area contributed by atoms with Gasteiger partial charge in [-0.1, -0.05) is 0 Å². The van der Waals surface area contributed by atoms with Gasteiger partial charge in [-0.15, -0.1) is 0 Å². The number of thioether (sulfide) groups is 1. The van der Waals surface area contributed by atoms with Crippen molar-refractivity contribution in [3.63, 3.8) is 0 Å². The number of amides is 1. The van der Waals surface area contributed by atoms with E-state index >= 15 is 0 Å². The summed E-state index contributed by atoms with van der Waals surface area (Å²) >= 11 is 1.98. The molecule has 4 nitrogen and oxygen atoms in total. The Hall–Kier alpha value is -0.260. The van der Waals surface area contributed by atoms with E-state index in [1.165, 1.54) is 25.7 Å². The normalized spacial score (nSPS) is 30.1. The first-order valence-corrected chi connectivity index (χ1v) is 8.65. The maximum Gasteiger partial charge on any atom is 0.239 e. The van der Waals surface area contributed by atoms with Gasteiger partial charge in [0.15, 0.2) is 0 Å². The van der Waals surface area contributed by atoms with Crippen molar-refractivity contribution in [3.8, 4) is 0 Å². The van der Waals surface area contributed by atoms with Crippen LogP contribution in [0.1, 0.15) is 32.6 Å². The maximum atomic E-state index is 12.3. The van der Waals surface area contributed by atoms with Crippen molar-refractivity contribution in [2.75, 3.05) is 32.6 Å². The summed E-state index contributed by atoms with van der Waals surface area (Å²) in [7, 11) is 0. The molecule has 1 saturated heterocycles. The molecule has 1 N–H and O–H groups in total. The number of morpholine rings is 1. The standard InChI is InChI=1S/C14H26N2O2S/c1-11(14(17)16-7-9-18-10-8-16)15-12-3-5-13(19-2)6-4-12/h11-13,15H,3-10H2,1-2H3. The van der Waals surface area contributed by atoms with E-state index in [0.717, 1.165) is 18.3 Å². The highest BCUT2D eigenvalue weighted by Gasteiger charge is 2.26. The molecule has 1 aliphatic heterocycles. The van der Waals surface area contributed by atoms with Crippen molar-refractivity contribution in [2.45, 2.75) is 49.9 Å². The molecule has 2 rings (SSSR count). The highest BCUT2D eigenvalue weighted by molar-refractivity contribution is 7.99. The molecule has 0 radical (unpaired) electrons. The summed E-state index contributed by atoms with van der Waals surface area (Å²) in [6.45, 7) is 4.83. The Morgan fingerprint density at radius 3 is 2.47 bits per heavy atom. The summed E-state index contributed by atoms with van der Waals surface area (Å²) in [6.07, 6.45) is 7.15. The van der Waals surface area contributed by atoms with Crippen LogP contribution in [0.25, 0.3) is 0 Å². The fourth-order valence-corrected chi connectivity index (χ4v) is 3.69. The van der Waals surface area contributed by atoms with Gasteiger partial charge in [0.2, 0.25) is 5.91 Å². The van der Waals surface area contributed by atoms with Gasteiger partial charge in [-0.2, -0.15) is 11.8 Å². The topological polar surface area (TPSA) is 41.6 Å². The van der Waals surface area contributed by atoms with Crippen LogP contribution in [0.3, 0.4) is 0 Å². The van der Waals surface area contributed by atoms with Crippen molar-refractivity contribution in [3.05, 3.63) is 0 Å². The molecule has 1 unspecified atom stereocenters. The smallest absolute Gasteiger partial charge is 0.239 e. The van der Waals surface area contributed by atoms with Crippen molar-refractivity contribution in [1.82, 2.24) is 10.2 Å². The predicted molar refractivity (Wildman–Crippen MR) is 79.6 cm³/mol. The zero-order valence-corrected chi connectivity index (χ0v) is 12.9. The van der Waals surface area contributed by atoms with Crippen molar-refractivity contribution >= 4 is 17.7 Å². The van der Waals surface area contributed by atoms with Gasteiger partial charge in [0.25, 0.3) is 0 Å². The van der Waals surface area contributed by atoms with E-state index in [0.29, 0.717) is 19.3 Å². The summed E-state index contributed by atoms with van der Waals surface area (Å²) in [4.78, 5) is 14.2. The third kappa shape index (κ3) is 4.36. The molecule has 1 amide bonds. The third-order valence-electron chi connectivity index (χ3n) is 4.19. The van der Waals surface area contributed by atoms with Crippen molar-refractivity contribution < 1.29 is 9.53 Å². The minimum absolute atomic E-state index is 0.0612. The molecule has 1 saturated carbocycles. The number of hydrogen-bond donors (Lipinski definition) is 1. The molecule has 2 fully saturated rings. The molecular formula is C14H26N2O2S. The minimum Gasteiger partial charge on any atom is -0.378 e. The third-order valence-corrected chi connectivity index (χ3v) is 5.32. The highest BCUT2D eigenvalue weighted by atomic mass is 32.2. The lowest BCUT2D eigenvalue weighted by molar-refractivity contribution is -0.137. The fraction of sp³-hybridized carbons (Fsp3) is 0.929. The number of nitrogens with one attached hydrogen (secondary N) is 1. The van der Waals surface area contributed by atoms with Crippen LogP contribution >= 0.6 is 11.8 Å². The molecule has 1 heterocycles. The van der Waals surface area contributed by atoms with Crippen LogP contribution in [0, 0.1) is 0 Å². The van der Waals surface area contributed by atoms with E-state index in [1.807, 2.05) is 23.6 Å². The molecule has 0 aromatic carbocycles. The van der Waals surface area contributed by atoms with E-state index in [2.05, 4.69) is 11.6 Å². The Morgan fingerprint density at radius 2 is 1.89 bits per heavy atom. The molecule has 0 bridgehead atoms. The van der Waals surface area contributed by atoms with E-state index in [4.69, 9.17) is 4.74 Å². The van der Waals surface area contributed by atoms with Crippen LogP contribution in [0.15, 0.2) is 0 Å². The summed E-state index contributed by atoms with van der Waals surface area (Å²) in [5, 5.41) is 4.34. The van der Waals surface area contributed by atoms with Crippen molar-refractivity contribution in [2.24, 2.45) is 0 Å². The zero-order valence-electron chi connectivity index (χ0n) is 12.1. The Bertz CT molecular complexity index is 287. The molecule has 0 aromatic rings. The van der Waals surface area contributed by atoms with Gasteiger partial charge in [0, 0.05) is 24.4 Å². The van der Waals surface area contributed by atoms with Gasteiger partial charge < -0.3 is 15.0 Å². The van der Waals surface area contributed by atoms with E-state index in [-0.39, 0.29) is 11.9 Å². The second-order valence-corrected chi connectivity index (χ2v) is 6.67. The second kappa shape index (κ2) is 7.50.